The van der Waals surface area contributed by atoms with Crippen LogP contribution >= 0.6 is 0 Å². The van der Waals surface area contributed by atoms with Gasteiger partial charge in [-0.15, -0.1) is 0 Å². The first-order valence-electron chi connectivity index (χ1n) is 8.89. The molecule has 0 N–H and O–H groups in total. The molecule has 1 aliphatic heterocycles. The van der Waals surface area contributed by atoms with Gasteiger partial charge >= 0.3 is 0 Å². The second-order valence-electron chi connectivity index (χ2n) is 6.71. The lowest BCUT2D eigenvalue weighted by molar-refractivity contribution is 0.270. The van der Waals surface area contributed by atoms with Gasteiger partial charge in [-0.3, -0.25) is 4.79 Å². The van der Waals surface area contributed by atoms with Crippen LogP contribution in [0.3, 0.4) is 0 Å². The maximum Gasteiger partial charge on any atom is 0.274 e. The van der Waals surface area contributed by atoms with Crippen molar-refractivity contribution in [3.63, 3.8) is 0 Å². The molecular weight excluding hydrogens is 286 g/mol. The Bertz CT molecular complexity index is 722. The average Bonchev–Trinajstić information content (AvgIpc) is 2.97. The summed E-state index contributed by atoms with van der Waals surface area (Å²) in [6.07, 6.45) is 6.87. The number of unbranched alkanes of at least 4 members (excludes halogenated alkanes) is 2. The molecule has 1 aliphatic rings. The van der Waals surface area contributed by atoms with E-state index in [2.05, 4.69) is 18.9 Å². The van der Waals surface area contributed by atoms with Crippen molar-refractivity contribution < 1.29 is 0 Å². The van der Waals surface area contributed by atoms with Crippen LogP contribution in [0.4, 0.5) is 0 Å². The van der Waals surface area contributed by atoms with Crippen molar-refractivity contribution in [2.45, 2.75) is 58.0 Å². The predicted molar refractivity (Wildman–Crippen MR) is 94.9 cm³/mol. The highest BCUT2D eigenvalue weighted by molar-refractivity contribution is 5.83. The van der Waals surface area contributed by atoms with E-state index in [0.717, 1.165) is 42.3 Å². The third kappa shape index (κ3) is 3.47. The van der Waals surface area contributed by atoms with Gasteiger partial charge in [0.2, 0.25) is 0 Å². The van der Waals surface area contributed by atoms with Crippen molar-refractivity contribution >= 4 is 10.8 Å². The fourth-order valence-corrected chi connectivity index (χ4v) is 3.57. The Labute approximate surface area is 138 Å². The Morgan fingerprint density at radius 1 is 1.22 bits per heavy atom. The van der Waals surface area contributed by atoms with E-state index in [1.807, 2.05) is 24.3 Å². The first-order valence-corrected chi connectivity index (χ1v) is 8.89. The molecule has 0 spiro atoms. The summed E-state index contributed by atoms with van der Waals surface area (Å²) in [6, 6.07) is 8.37. The summed E-state index contributed by atoms with van der Waals surface area (Å²) in [5, 5.41) is 6.59. The second-order valence-corrected chi connectivity index (χ2v) is 6.71. The van der Waals surface area contributed by atoms with Crippen molar-refractivity contribution in [3.8, 4) is 0 Å². The number of benzene rings is 1. The number of likely N-dealkylation sites (N-methyl/N-ethyl adjacent to an activating group) is 1. The molecule has 0 radical (unpaired) electrons. The zero-order valence-corrected chi connectivity index (χ0v) is 14.3. The number of aromatic nitrogens is 2. The van der Waals surface area contributed by atoms with Crippen LogP contribution in [-0.4, -0.2) is 34.3 Å². The Morgan fingerprint density at radius 3 is 2.70 bits per heavy atom. The van der Waals surface area contributed by atoms with Gasteiger partial charge in [-0.2, -0.15) is 5.10 Å². The third-order valence-electron chi connectivity index (χ3n) is 5.02. The van der Waals surface area contributed by atoms with E-state index in [1.54, 1.807) is 4.68 Å². The fraction of sp³-hybridized carbons (Fsp3) is 0.579. The van der Waals surface area contributed by atoms with Gasteiger partial charge in [0, 0.05) is 11.4 Å². The number of nitrogens with zero attached hydrogens (tertiary/aromatic N) is 3. The zero-order chi connectivity index (χ0) is 16.2. The molecule has 1 saturated heterocycles. The highest BCUT2D eigenvalue weighted by Gasteiger charge is 2.22. The molecule has 0 aliphatic carbocycles. The molecule has 4 heteroatoms. The lowest BCUT2D eigenvalue weighted by Gasteiger charge is -2.20. The van der Waals surface area contributed by atoms with E-state index >= 15 is 0 Å². The van der Waals surface area contributed by atoms with E-state index in [4.69, 9.17) is 5.10 Å². The Hall–Kier alpha value is -1.68. The zero-order valence-electron chi connectivity index (χ0n) is 14.3. The van der Waals surface area contributed by atoms with E-state index in [-0.39, 0.29) is 5.56 Å². The predicted octanol–water partition coefficient (Wildman–Crippen LogP) is 3.22. The topological polar surface area (TPSA) is 38.1 Å². The minimum atomic E-state index is 0.0557. The average molecular weight is 313 g/mol. The lowest BCUT2D eigenvalue weighted by Crippen LogP contribution is -2.35. The molecule has 23 heavy (non-hydrogen) atoms. The van der Waals surface area contributed by atoms with Gasteiger partial charge in [-0.05, 0) is 45.3 Å². The Balaban J connectivity index is 1.96. The van der Waals surface area contributed by atoms with Gasteiger partial charge in [0.05, 0.1) is 17.6 Å². The quantitative estimate of drug-likeness (QED) is 0.769. The summed E-state index contributed by atoms with van der Waals surface area (Å²) in [7, 11) is 2.14. The van der Waals surface area contributed by atoms with E-state index in [9.17, 15) is 4.79 Å². The van der Waals surface area contributed by atoms with Crippen molar-refractivity contribution in [1.82, 2.24) is 14.7 Å². The summed E-state index contributed by atoms with van der Waals surface area (Å²) in [5.74, 6) is 0. The molecule has 0 amide bonds. The number of hydrogen-bond acceptors (Lipinski definition) is 3. The number of aryl methyl sites for hydroxylation is 1. The van der Waals surface area contributed by atoms with Crippen LogP contribution in [0.15, 0.2) is 29.1 Å². The molecule has 0 unspecified atom stereocenters. The minimum absolute atomic E-state index is 0.0557. The van der Waals surface area contributed by atoms with Crippen LogP contribution in [0, 0.1) is 0 Å². The third-order valence-corrected chi connectivity index (χ3v) is 5.02. The monoisotopic (exact) mass is 313 g/mol. The van der Waals surface area contributed by atoms with Crippen LogP contribution in [0.5, 0.6) is 0 Å². The normalized spacial score (nSPS) is 18.8. The van der Waals surface area contributed by atoms with Gasteiger partial charge in [-0.1, -0.05) is 38.0 Å². The van der Waals surface area contributed by atoms with Gasteiger partial charge in [0.15, 0.2) is 0 Å². The van der Waals surface area contributed by atoms with Crippen LogP contribution in [0.1, 0.15) is 44.7 Å². The number of rotatable bonds is 6. The fourth-order valence-electron chi connectivity index (χ4n) is 3.57. The molecule has 0 saturated carbocycles. The van der Waals surface area contributed by atoms with Crippen molar-refractivity contribution in [2.24, 2.45) is 0 Å². The van der Waals surface area contributed by atoms with Gasteiger partial charge in [0.1, 0.15) is 0 Å². The SMILES string of the molecule is CCCCCc1nn(C[C@H]2CCCN2C)c(=O)c2ccccc12. The first kappa shape index (κ1) is 16.2. The van der Waals surface area contributed by atoms with E-state index in [1.165, 1.54) is 19.3 Å². The van der Waals surface area contributed by atoms with Crippen molar-refractivity contribution in [3.05, 3.63) is 40.3 Å². The van der Waals surface area contributed by atoms with E-state index in [0.29, 0.717) is 12.6 Å². The highest BCUT2D eigenvalue weighted by Crippen LogP contribution is 2.18. The standard InChI is InChI=1S/C19H27N3O/c1-3-4-5-12-18-16-10-6-7-11-17(16)19(23)22(20-18)14-15-9-8-13-21(15)2/h6-7,10-11,15H,3-5,8-9,12-14H2,1-2H3/t15-/m1/s1. The molecule has 2 heterocycles. The van der Waals surface area contributed by atoms with Gasteiger partial charge in [-0.25, -0.2) is 4.68 Å². The maximum atomic E-state index is 12.8. The van der Waals surface area contributed by atoms with Gasteiger partial charge in [0.25, 0.3) is 5.56 Å². The summed E-state index contributed by atoms with van der Waals surface area (Å²) in [4.78, 5) is 15.1. The molecule has 2 aromatic rings. The van der Waals surface area contributed by atoms with Crippen molar-refractivity contribution in [2.75, 3.05) is 13.6 Å². The summed E-state index contributed by atoms with van der Waals surface area (Å²) in [5.41, 5.74) is 1.13. The van der Waals surface area contributed by atoms with Crippen LogP contribution < -0.4 is 5.56 Å². The first-order chi connectivity index (χ1) is 11.2. The molecular formula is C19H27N3O. The molecule has 124 valence electrons. The number of hydrogen-bond donors (Lipinski definition) is 0. The molecule has 1 atom stereocenters. The molecule has 1 aromatic heterocycles. The molecule has 0 bridgehead atoms. The van der Waals surface area contributed by atoms with Crippen LogP contribution in [-0.2, 0) is 13.0 Å². The van der Waals surface area contributed by atoms with E-state index < -0.39 is 0 Å². The van der Waals surface area contributed by atoms with Crippen LogP contribution in [0.2, 0.25) is 0 Å². The molecule has 4 nitrogen and oxygen atoms in total. The summed E-state index contributed by atoms with van der Waals surface area (Å²) >= 11 is 0. The summed E-state index contributed by atoms with van der Waals surface area (Å²) in [6.45, 7) is 4.04. The molecule has 1 fully saturated rings. The van der Waals surface area contributed by atoms with Gasteiger partial charge < -0.3 is 4.90 Å². The van der Waals surface area contributed by atoms with Crippen molar-refractivity contribution in [1.29, 1.82) is 0 Å². The second kappa shape index (κ2) is 7.26. The molecule has 3 rings (SSSR count). The summed E-state index contributed by atoms with van der Waals surface area (Å²) < 4.78 is 1.72. The Kier molecular flexibility index (Phi) is 5.11. The Morgan fingerprint density at radius 2 is 2.00 bits per heavy atom. The number of likely N-dealkylation sites (tertiary alicyclic amines) is 1. The highest BCUT2D eigenvalue weighted by atomic mass is 16.1. The number of fused-ring (bicyclic) bond motifs is 1. The van der Waals surface area contributed by atoms with Crippen LogP contribution in [0.25, 0.3) is 10.8 Å². The maximum absolute atomic E-state index is 12.8. The lowest BCUT2D eigenvalue weighted by atomic mass is 10.1. The minimum Gasteiger partial charge on any atom is -0.302 e. The largest absolute Gasteiger partial charge is 0.302 e. The smallest absolute Gasteiger partial charge is 0.274 e. The molecule has 1 aromatic carbocycles.